The Hall–Kier alpha value is -1.98. The number of nitrogens with zero attached hydrogens (tertiary/aromatic N) is 3. The number of aromatic nitrogens is 1. The second kappa shape index (κ2) is 7.50. The Morgan fingerprint density at radius 2 is 2.20 bits per heavy atom. The highest BCUT2D eigenvalue weighted by Crippen LogP contribution is 2.34. The van der Waals surface area contributed by atoms with E-state index in [4.69, 9.17) is 5.73 Å². The number of rotatable bonds is 5. The van der Waals surface area contributed by atoms with Crippen molar-refractivity contribution in [3.05, 3.63) is 34.2 Å². The molecule has 0 radical (unpaired) electrons. The van der Waals surface area contributed by atoms with Crippen LogP contribution in [0.1, 0.15) is 42.5 Å². The molecule has 2 aromatic heterocycles. The first-order valence-electron chi connectivity index (χ1n) is 8.45. The number of pyridine rings is 1. The largest absolute Gasteiger partial charge is 0.383 e. The van der Waals surface area contributed by atoms with Gasteiger partial charge in [-0.1, -0.05) is 6.92 Å². The van der Waals surface area contributed by atoms with E-state index in [9.17, 15) is 5.26 Å². The molecule has 132 valence electrons. The minimum absolute atomic E-state index is 0.0739. The van der Waals surface area contributed by atoms with E-state index in [1.807, 2.05) is 6.07 Å². The summed E-state index contributed by atoms with van der Waals surface area (Å²) in [5, 5.41) is 11.7. The van der Waals surface area contributed by atoms with Gasteiger partial charge in [-0.3, -0.25) is 5.43 Å². The van der Waals surface area contributed by atoms with Crippen LogP contribution in [0.3, 0.4) is 0 Å². The lowest BCUT2D eigenvalue weighted by Crippen LogP contribution is -2.30. The summed E-state index contributed by atoms with van der Waals surface area (Å²) >= 11 is 1.66. The molecule has 2 aromatic rings. The van der Waals surface area contributed by atoms with E-state index in [-0.39, 0.29) is 6.04 Å². The molecule has 0 aromatic carbocycles. The lowest BCUT2D eigenvalue weighted by atomic mass is 9.96. The van der Waals surface area contributed by atoms with Crippen molar-refractivity contribution in [2.45, 2.75) is 38.4 Å². The van der Waals surface area contributed by atoms with Gasteiger partial charge in [0.15, 0.2) is 0 Å². The molecule has 0 amide bonds. The molecule has 0 spiro atoms. The monoisotopic (exact) mass is 356 g/mol. The zero-order chi connectivity index (χ0) is 18.0. The highest BCUT2D eigenvalue weighted by Gasteiger charge is 2.27. The van der Waals surface area contributed by atoms with Crippen LogP contribution in [0.25, 0.3) is 10.6 Å². The fraction of sp³-hybridized carbons (Fsp3) is 0.444. The van der Waals surface area contributed by atoms with Gasteiger partial charge >= 0.3 is 0 Å². The van der Waals surface area contributed by atoms with Crippen LogP contribution in [0, 0.1) is 11.3 Å². The molecular formula is C18H24N6S. The predicted octanol–water partition coefficient (Wildman–Crippen LogP) is 2.64. The molecule has 3 heterocycles. The highest BCUT2D eigenvalue weighted by molar-refractivity contribution is 7.13. The van der Waals surface area contributed by atoms with Gasteiger partial charge in [0, 0.05) is 18.6 Å². The molecule has 25 heavy (non-hydrogen) atoms. The zero-order valence-corrected chi connectivity index (χ0v) is 15.7. The number of nitrogens with one attached hydrogen (secondary N) is 2. The first-order chi connectivity index (χ1) is 12.0. The van der Waals surface area contributed by atoms with E-state index >= 15 is 0 Å². The third-order valence-corrected chi connectivity index (χ3v) is 5.45. The van der Waals surface area contributed by atoms with Gasteiger partial charge in [0.1, 0.15) is 11.9 Å². The lowest BCUT2D eigenvalue weighted by Gasteiger charge is -2.14. The van der Waals surface area contributed by atoms with E-state index < -0.39 is 0 Å². The third kappa shape index (κ3) is 3.83. The average molecular weight is 356 g/mol. The summed E-state index contributed by atoms with van der Waals surface area (Å²) in [6.07, 6.45) is 1.97. The first-order valence-corrected chi connectivity index (χ1v) is 9.33. The number of nitrogens with two attached hydrogens (primary N) is 1. The minimum Gasteiger partial charge on any atom is -0.383 e. The van der Waals surface area contributed by atoms with E-state index in [0.717, 1.165) is 35.5 Å². The number of anilines is 1. The molecule has 4 N–H and O–H groups in total. The maximum Gasteiger partial charge on any atom is 0.142 e. The predicted molar refractivity (Wildman–Crippen MR) is 102 cm³/mol. The second-order valence-corrected chi connectivity index (χ2v) is 7.62. The Kier molecular flexibility index (Phi) is 5.35. The Bertz CT molecular complexity index is 791. The number of nitriles is 1. The van der Waals surface area contributed by atoms with Crippen LogP contribution in [0.4, 0.5) is 5.82 Å². The van der Waals surface area contributed by atoms with Crippen molar-refractivity contribution in [3.8, 4) is 16.6 Å². The molecule has 1 aliphatic heterocycles. The van der Waals surface area contributed by atoms with Crippen molar-refractivity contribution < 1.29 is 0 Å². The van der Waals surface area contributed by atoms with Gasteiger partial charge in [-0.05, 0) is 55.6 Å². The van der Waals surface area contributed by atoms with Crippen molar-refractivity contribution in [1.82, 2.24) is 20.7 Å². The molecule has 1 fully saturated rings. The van der Waals surface area contributed by atoms with Crippen molar-refractivity contribution in [3.63, 3.8) is 0 Å². The van der Waals surface area contributed by atoms with Crippen LogP contribution in [-0.2, 0) is 6.54 Å². The summed E-state index contributed by atoms with van der Waals surface area (Å²) in [4.78, 5) is 7.69. The van der Waals surface area contributed by atoms with Gasteiger partial charge in [0.2, 0.25) is 0 Å². The molecule has 1 aliphatic rings. The summed E-state index contributed by atoms with van der Waals surface area (Å²) in [6, 6.07) is 6.87. The maximum absolute atomic E-state index is 9.53. The van der Waals surface area contributed by atoms with Gasteiger partial charge in [0.25, 0.3) is 0 Å². The van der Waals surface area contributed by atoms with Crippen LogP contribution in [-0.4, -0.2) is 30.0 Å². The molecule has 0 aliphatic carbocycles. The van der Waals surface area contributed by atoms with E-state index in [2.05, 4.69) is 59.3 Å². The topological polar surface area (TPSA) is 90.0 Å². The fourth-order valence-electron chi connectivity index (χ4n) is 3.16. The van der Waals surface area contributed by atoms with Gasteiger partial charge in [0.05, 0.1) is 16.1 Å². The lowest BCUT2D eigenvalue weighted by molar-refractivity contribution is 0.403. The van der Waals surface area contributed by atoms with Gasteiger partial charge in [-0.2, -0.15) is 5.26 Å². The number of hydrazine groups is 1. The Morgan fingerprint density at radius 3 is 2.84 bits per heavy atom. The van der Waals surface area contributed by atoms with Gasteiger partial charge in [-0.25, -0.2) is 10.4 Å². The molecular weight excluding hydrogens is 332 g/mol. The van der Waals surface area contributed by atoms with Gasteiger partial charge < -0.3 is 10.6 Å². The number of thiophene rings is 1. The summed E-state index contributed by atoms with van der Waals surface area (Å²) in [5.74, 6) is 0.305. The average Bonchev–Trinajstić information content (AvgIpc) is 3.22. The van der Waals surface area contributed by atoms with Crippen LogP contribution < -0.4 is 16.6 Å². The normalized spacial score (nSPS) is 20.1. The quantitative estimate of drug-likeness (QED) is 0.763. The van der Waals surface area contributed by atoms with E-state index in [0.29, 0.717) is 17.4 Å². The summed E-state index contributed by atoms with van der Waals surface area (Å²) in [7, 11) is 4.10. The summed E-state index contributed by atoms with van der Waals surface area (Å²) in [5.41, 5.74) is 16.2. The molecule has 0 bridgehead atoms. The van der Waals surface area contributed by atoms with Crippen molar-refractivity contribution >= 4 is 17.2 Å². The molecule has 2 atom stereocenters. The van der Waals surface area contributed by atoms with Crippen LogP contribution in [0.5, 0.6) is 0 Å². The summed E-state index contributed by atoms with van der Waals surface area (Å²) < 4.78 is 0. The molecule has 2 unspecified atom stereocenters. The van der Waals surface area contributed by atoms with Crippen LogP contribution in [0.15, 0.2) is 17.5 Å². The van der Waals surface area contributed by atoms with Gasteiger partial charge in [-0.15, -0.1) is 11.3 Å². The highest BCUT2D eigenvalue weighted by atomic mass is 32.1. The SMILES string of the molecule is CCC1CC(c2cc(-c3cc(CN(C)C)cs3)nc(N)c2C#N)NN1. The smallest absolute Gasteiger partial charge is 0.142 e. The Morgan fingerprint density at radius 1 is 1.40 bits per heavy atom. The van der Waals surface area contributed by atoms with Crippen molar-refractivity contribution in [2.24, 2.45) is 0 Å². The molecule has 3 rings (SSSR count). The third-order valence-electron chi connectivity index (χ3n) is 4.44. The zero-order valence-electron chi connectivity index (χ0n) is 14.8. The number of hydrogen-bond acceptors (Lipinski definition) is 7. The Labute approximate surface area is 152 Å². The van der Waals surface area contributed by atoms with Crippen LogP contribution >= 0.6 is 11.3 Å². The van der Waals surface area contributed by atoms with E-state index in [1.165, 1.54) is 5.56 Å². The maximum atomic E-state index is 9.53. The molecule has 0 saturated carbocycles. The second-order valence-electron chi connectivity index (χ2n) is 6.71. The van der Waals surface area contributed by atoms with Crippen molar-refractivity contribution in [1.29, 1.82) is 5.26 Å². The fourth-order valence-corrected chi connectivity index (χ4v) is 4.03. The van der Waals surface area contributed by atoms with E-state index in [1.54, 1.807) is 11.3 Å². The first kappa shape index (κ1) is 17.8. The van der Waals surface area contributed by atoms with Crippen molar-refractivity contribution in [2.75, 3.05) is 19.8 Å². The summed E-state index contributed by atoms with van der Waals surface area (Å²) in [6.45, 7) is 3.04. The molecule has 6 nitrogen and oxygen atoms in total. The number of nitrogen functional groups attached to an aromatic ring is 1. The Balaban J connectivity index is 1.96. The number of hydrogen-bond donors (Lipinski definition) is 3. The molecule has 7 heteroatoms. The molecule has 1 saturated heterocycles. The standard InChI is InChI=1S/C18H24N6S/c1-4-12-6-15(23-22-12)13-7-16(21-18(20)14(13)8-19)17-5-11(10-25-17)9-24(2)3/h5,7,10,12,15,22-23H,4,6,9H2,1-3H3,(H2,20,21). The van der Waals surface area contributed by atoms with Crippen LogP contribution in [0.2, 0.25) is 0 Å². The minimum atomic E-state index is 0.0739.